The Hall–Kier alpha value is -2.89. The van der Waals surface area contributed by atoms with Crippen LogP contribution in [0.25, 0.3) is 0 Å². The fraction of sp³-hybridized carbons (Fsp3) is 0.350. The molecule has 1 amide bonds. The number of nitrogens with one attached hydrogen (secondary N) is 1. The van der Waals surface area contributed by atoms with E-state index in [1.54, 1.807) is 6.33 Å². The second-order valence-corrected chi connectivity index (χ2v) is 7.03. The molecule has 2 aliphatic rings. The average Bonchev–Trinajstić information content (AvgIpc) is 3.33. The predicted molar refractivity (Wildman–Crippen MR) is 96.8 cm³/mol. The molecule has 1 atom stereocenters. The van der Waals surface area contributed by atoms with Gasteiger partial charge in [0.15, 0.2) is 5.69 Å². The molecule has 0 saturated carbocycles. The molecule has 6 nitrogen and oxygen atoms in total. The molecule has 6 heteroatoms. The number of amides is 1. The van der Waals surface area contributed by atoms with Crippen LogP contribution in [-0.2, 0) is 19.4 Å². The van der Waals surface area contributed by atoms with Crippen LogP contribution in [0.3, 0.4) is 0 Å². The number of carbonyl (C=O) groups is 1. The van der Waals surface area contributed by atoms with E-state index in [4.69, 9.17) is 0 Å². The summed E-state index contributed by atoms with van der Waals surface area (Å²) >= 11 is 0. The van der Waals surface area contributed by atoms with Gasteiger partial charge < -0.3 is 9.88 Å². The third-order valence-corrected chi connectivity index (χ3v) is 5.44. The van der Waals surface area contributed by atoms with E-state index < -0.39 is 0 Å². The lowest BCUT2D eigenvalue weighted by Crippen LogP contribution is -2.41. The van der Waals surface area contributed by atoms with E-state index in [1.807, 2.05) is 33.8 Å². The third kappa shape index (κ3) is 2.44. The molecule has 1 N–H and O–H groups in total. The smallest absolute Gasteiger partial charge is 0.275 e. The van der Waals surface area contributed by atoms with Crippen molar-refractivity contribution >= 4 is 5.91 Å². The first-order chi connectivity index (χ1) is 12.8. The van der Waals surface area contributed by atoms with Crippen LogP contribution < -0.4 is 0 Å². The second kappa shape index (κ2) is 6.12. The molecule has 4 heterocycles. The monoisotopic (exact) mass is 347 g/mol. The van der Waals surface area contributed by atoms with Gasteiger partial charge >= 0.3 is 0 Å². The van der Waals surface area contributed by atoms with Gasteiger partial charge in [0.25, 0.3) is 5.91 Å². The van der Waals surface area contributed by atoms with Gasteiger partial charge in [0.05, 0.1) is 12.0 Å². The van der Waals surface area contributed by atoms with Crippen molar-refractivity contribution in [2.24, 2.45) is 0 Å². The van der Waals surface area contributed by atoms with E-state index in [9.17, 15) is 4.79 Å². The Morgan fingerprint density at radius 2 is 2.00 bits per heavy atom. The summed E-state index contributed by atoms with van der Waals surface area (Å²) in [4.78, 5) is 23.0. The number of benzene rings is 1. The quantitative estimate of drug-likeness (QED) is 0.775. The van der Waals surface area contributed by atoms with Crippen molar-refractivity contribution in [1.29, 1.82) is 0 Å². The van der Waals surface area contributed by atoms with E-state index in [0.29, 0.717) is 12.2 Å². The molecule has 0 saturated heterocycles. The molecule has 0 bridgehead atoms. The Labute approximate surface area is 151 Å². The lowest BCUT2D eigenvalue weighted by molar-refractivity contribution is 0.0683. The average molecular weight is 347 g/mol. The number of hydrogen-bond acceptors (Lipinski definition) is 3. The maximum absolute atomic E-state index is 13.3. The SMILES string of the molecule is O=C(c1cc2n(n1)CCCC2)N1CCc2[nH]cnc2[C@H]1c1ccccc1. The van der Waals surface area contributed by atoms with Crippen molar-refractivity contribution in [2.75, 3.05) is 6.54 Å². The number of rotatable bonds is 2. The Bertz CT molecular complexity index is 919. The number of H-pyrrole nitrogens is 1. The predicted octanol–water partition coefficient (Wildman–Crippen LogP) is 2.73. The number of fused-ring (bicyclic) bond motifs is 2. The van der Waals surface area contributed by atoms with E-state index in [2.05, 4.69) is 27.2 Å². The van der Waals surface area contributed by atoms with Crippen LogP contribution in [0.4, 0.5) is 0 Å². The molecule has 0 unspecified atom stereocenters. The Balaban J connectivity index is 1.54. The summed E-state index contributed by atoms with van der Waals surface area (Å²) in [7, 11) is 0. The van der Waals surface area contributed by atoms with Crippen LogP contribution in [0.5, 0.6) is 0 Å². The second-order valence-electron chi connectivity index (χ2n) is 7.03. The molecular formula is C20H21N5O. The number of imidazole rings is 1. The lowest BCUT2D eigenvalue weighted by Gasteiger charge is -2.34. The molecule has 0 aliphatic carbocycles. The minimum Gasteiger partial charge on any atom is -0.348 e. The van der Waals surface area contributed by atoms with Crippen LogP contribution in [0.15, 0.2) is 42.7 Å². The number of hydrogen-bond donors (Lipinski definition) is 1. The number of carbonyl (C=O) groups excluding carboxylic acids is 1. The zero-order valence-corrected chi connectivity index (χ0v) is 14.6. The lowest BCUT2D eigenvalue weighted by atomic mass is 9.95. The summed E-state index contributed by atoms with van der Waals surface area (Å²) in [6, 6.07) is 11.9. The largest absolute Gasteiger partial charge is 0.348 e. The van der Waals surface area contributed by atoms with Crippen molar-refractivity contribution in [1.82, 2.24) is 24.6 Å². The summed E-state index contributed by atoms with van der Waals surface area (Å²) < 4.78 is 2.00. The van der Waals surface area contributed by atoms with Crippen LogP contribution in [0, 0.1) is 0 Å². The van der Waals surface area contributed by atoms with E-state index >= 15 is 0 Å². The zero-order valence-electron chi connectivity index (χ0n) is 14.6. The minimum atomic E-state index is -0.169. The van der Waals surface area contributed by atoms with Crippen molar-refractivity contribution in [3.05, 3.63) is 71.1 Å². The normalized spacial score (nSPS) is 19.1. The molecular weight excluding hydrogens is 326 g/mol. The van der Waals surface area contributed by atoms with Crippen LogP contribution in [0.1, 0.15) is 52.0 Å². The number of aromatic amines is 1. The molecule has 3 aromatic rings. The van der Waals surface area contributed by atoms with Gasteiger partial charge in [0.2, 0.25) is 0 Å². The Kier molecular flexibility index (Phi) is 3.62. The minimum absolute atomic E-state index is 0.00518. The van der Waals surface area contributed by atoms with Crippen molar-refractivity contribution < 1.29 is 4.79 Å². The summed E-state index contributed by atoms with van der Waals surface area (Å²) in [6.45, 7) is 1.57. The van der Waals surface area contributed by atoms with Gasteiger partial charge in [0, 0.05) is 30.9 Å². The fourth-order valence-electron chi connectivity index (χ4n) is 4.14. The molecule has 132 valence electrons. The maximum atomic E-state index is 13.3. The van der Waals surface area contributed by atoms with Gasteiger partial charge in [-0.1, -0.05) is 30.3 Å². The maximum Gasteiger partial charge on any atom is 0.275 e. The van der Waals surface area contributed by atoms with Gasteiger partial charge in [-0.2, -0.15) is 5.10 Å². The highest BCUT2D eigenvalue weighted by atomic mass is 16.2. The number of aryl methyl sites for hydroxylation is 2. The van der Waals surface area contributed by atoms with Gasteiger partial charge in [-0.15, -0.1) is 0 Å². The van der Waals surface area contributed by atoms with Gasteiger partial charge in [-0.05, 0) is 30.9 Å². The summed E-state index contributed by atoms with van der Waals surface area (Å²) in [5.74, 6) is -0.00518. The Morgan fingerprint density at radius 1 is 1.12 bits per heavy atom. The van der Waals surface area contributed by atoms with Crippen LogP contribution in [0.2, 0.25) is 0 Å². The summed E-state index contributed by atoms with van der Waals surface area (Å²) in [5, 5.41) is 4.59. The first kappa shape index (κ1) is 15.4. The first-order valence-electron chi connectivity index (χ1n) is 9.26. The van der Waals surface area contributed by atoms with E-state index in [1.165, 1.54) is 12.1 Å². The first-order valence-corrected chi connectivity index (χ1v) is 9.26. The van der Waals surface area contributed by atoms with E-state index in [0.717, 1.165) is 42.8 Å². The van der Waals surface area contributed by atoms with Gasteiger partial charge in [0.1, 0.15) is 6.04 Å². The number of nitrogens with zero attached hydrogens (tertiary/aromatic N) is 4. The molecule has 5 rings (SSSR count). The highest BCUT2D eigenvalue weighted by molar-refractivity contribution is 5.93. The number of aromatic nitrogens is 4. The molecule has 2 aliphatic heterocycles. The summed E-state index contributed by atoms with van der Waals surface area (Å²) in [6.07, 6.45) is 5.83. The highest BCUT2D eigenvalue weighted by Crippen LogP contribution is 2.34. The van der Waals surface area contributed by atoms with Crippen molar-refractivity contribution in [2.45, 2.75) is 38.3 Å². The molecule has 26 heavy (non-hydrogen) atoms. The molecule has 0 fully saturated rings. The van der Waals surface area contributed by atoms with Gasteiger partial charge in [-0.25, -0.2) is 4.98 Å². The Morgan fingerprint density at radius 3 is 2.85 bits per heavy atom. The van der Waals surface area contributed by atoms with Crippen LogP contribution >= 0.6 is 0 Å². The molecule has 1 aromatic carbocycles. The van der Waals surface area contributed by atoms with Gasteiger partial charge in [-0.3, -0.25) is 9.48 Å². The third-order valence-electron chi connectivity index (χ3n) is 5.44. The molecule has 0 radical (unpaired) electrons. The van der Waals surface area contributed by atoms with Crippen molar-refractivity contribution in [3.8, 4) is 0 Å². The zero-order chi connectivity index (χ0) is 17.5. The van der Waals surface area contributed by atoms with Crippen LogP contribution in [-0.4, -0.2) is 37.1 Å². The van der Waals surface area contributed by atoms with E-state index in [-0.39, 0.29) is 11.9 Å². The molecule has 2 aromatic heterocycles. The fourth-order valence-corrected chi connectivity index (χ4v) is 4.14. The topological polar surface area (TPSA) is 66.8 Å². The van der Waals surface area contributed by atoms with Crippen molar-refractivity contribution in [3.63, 3.8) is 0 Å². The summed E-state index contributed by atoms with van der Waals surface area (Å²) in [5.41, 5.74) is 4.87. The standard InChI is InChI=1S/C20H21N5O/c26-20(17-12-15-8-4-5-10-25(15)23-17)24-11-9-16-18(22-13-21-16)19(24)14-6-2-1-3-7-14/h1-3,6-7,12-13,19H,4-5,8-11H2,(H,21,22)/t19-/m1/s1. The highest BCUT2D eigenvalue weighted by Gasteiger charge is 2.35. The molecule has 0 spiro atoms.